The molecule has 2 amide bonds. The predicted octanol–water partition coefficient (Wildman–Crippen LogP) is 6.28. The molecular formula is C30H34ClFN2O3S. The number of amides is 2. The van der Waals surface area contributed by atoms with Crippen LogP contribution in [-0.2, 0) is 28.3 Å². The van der Waals surface area contributed by atoms with Gasteiger partial charge in [0.15, 0.2) is 0 Å². The van der Waals surface area contributed by atoms with Gasteiger partial charge in [0.05, 0.1) is 12.9 Å². The van der Waals surface area contributed by atoms with Crippen LogP contribution in [0.25, 0.3) is 0 Å². The molecule has 0 aliphatic rings. The molecule has 0 saturated heterocycles. The minimum Gasteiger partial charge on any atom is -0.497 e. The largest absolute Gasteiger partial charge is 0.497 e. The second-order valence-electron chi connectivity index (χ2n) is 10.0. The monoisotopic (exact) mass is 556 g/mol. The molecule has 3 aromatic carbocycles. The molecule has 0 aliphatic heterocycles. The Bertz CT molecular complexity index is 1210. The summed E-state index contributed by atoms with van der Waals surface area (Å²) in [5.41, 5.74) is 1.66. The number of methoxy groups -OCH3 is 1. The van der Waals surface area contributed by atoms with Crippen LogP contribution < -0.4 is 10.1 Å². The first-order valence-electron chi connectivity index (χ1n) is 12.4. The average molecular weight is 557 g/mol. The van der Waals surface area contributed by atoms with Crippen LogP contribution in [0.5, 0.6) is 5.75 Å². The Kier molecular flexibility index (Phi) is 10.6. The summed E-state index contributed by atoms with van der Waals surface area (Å²) in [5.74, 6) is 0.0919. The van der Waals surface area contributed by atoms with Gasteiger partial charge in [-0.25, -0.2) is 4.39 Å². The number of ether oxygens (including phenoxy) is 1. The van der Waals surface area contributed by atoms with Crippen molar-refractivity contribution in [3.05, 3.63) is 100 Å². The Hall–Kier alpha value is -3.03. The van der Waals surface area contributed by atoms with E-state index in [0.717, 1.165) is 11.1 Å². The van der Waals surface area contributed by atoms with Gasteiger partial charge in [0.1, 0.15) is 17.6 Å². The highest BCUT2D eigenvalue weighted by Gasteiger charge is 2.32. The van der Waals surface area contributed by atoms with Crippen molar-refractivity contribution in [2.75, 3.05) is 12.9 Å². The number of thioether (sulfide) groups is 1. The molecular weight excluding hydrogens is 523 g/mol. The first-order valence-corrected chi connectivity index (χ1v) is 13.9. The molecule has 8 heteroatoms. The summed E-state index contributed by atoms with van der Waals surface area (Å²) in [7, 11) is 1.58. The number of nitrogens with zero attached hydrogens (tertiary/aromatic N) is 1. The fraction of sp³-hybridized carbons (Fsp3) is 0.333. The van der Waals surface area contributed by atoms with Crippen molar-refractivity contribution in [2.24, 2.45) is 0 Å². The van der Waals surface area contributed by atoms with E-state index in [1.165, 1.54) is 17.8 Å². The van der Waals surface area contributed by atoms with E-state index >= 15 is 0 Å². The molecule has 0 spiro atoms. The van der Waals surface area contributed by atoms with Gasteiger partial charge in [0, 0.05) is 34.8 Å². The number of rotatable bonds is 11. The van der Waals surface area contributed by atoms with Crippen molar-refractivity contribution in [1.29, 1.82) is 0 Å². The second-order valence-corrected chi connectivity index (χ2v) is 11.4. The zero-order valence-electron chi connectivity index (χ0n) is 22.2. The van der Waals surface area contributed by atoms with Gasteiger partial charge in [0.2, 0.25) is 11.8 Å². The number of hydrogen-bond acceptors (Lipinski definition) is 4. The van der Waals surface area contributed by atoms with Crippen molar-refractivity contribution in [2.45, 2.75) is 51.1 Å². The van der Waals surface area contributed by atoms with Gasteiger partial charge < -0.3 is 15.0 Å². The second kappa shape index (κ2) is 13.7. The van der Waals surface area contributed by atoms with Crippen LogP contribution in [0.1, 0.15) is 37.5 Å². The normalized spacial score (nSPS) is 12.1. The summed E-state index contributed by atoms with van der Waals surface area (Å²) >= 11 is 7.44. The first kappa shape index (κ1) is 29.5. The summed E-state index contributed by atoms with van der Waals surface area (Å²) in [6.45, 7) is 5.94. The van der Waals surface area contributed by atoms with Crippen molar-refractivity contribution < 1.29 is 18.7 Å². The zero-order valence-corrected chi connectivity index (χ0v) is 23.7. The lowest BCUT2D eigenvalue weighted by atomic mass is 10.0. The molecule has 3 rings (SSSR count). The maximum Gasteiger partial charge on any atom is 0.243 e. The molecule has 0 radical (unpaired) electrons. The van der Waals surface area contributed by atoms with Crippen molar-refractivity contribution in [3.63, 3.8) is 0 Å². The van der Waals surface area contributed by atoms with E-state index in [1.54, 1.807) is 24.1 Å². The van der Waals surface area contributed by atoms with Crippen LogP contribution in [0.2, 0.25) is 5.02 Å². The minimum atomic E-state index is -0.757. The van der Waals surface area contributed by atoms with E-state index in [-0.39, 0.29) is 29.9 Å². The molecule has 1 atom stereocenters. The Morgan fingerprint density at radius 1 is 1.03 bits per heavy atom. The van der Waals surface area contributed by atoms with E-state index in [4.69, 9.17) is 16.3 Å². The molecule has 5 nitrogen and oxygen atoms in total. The van der Waals surface area contributed by atoms with E-state index < -0.39 is 17.4 Å². The Labute approximate surface area is 233 Å². The smallest absolute Gasteiger partial charge is 0.243 e. The van der Waals surface area contributed by atoms with Crippen LogP contribution in [0.3, 0.4) is 0 Å². The third kappa shape index (κ3) is 8.77. The molecule has 1 unspecified atom stereocenters. The van der Waals surface area contributed by atoms with Crippen LogP contribution >= 0.6 is 23.4 Å². The quantitative estimate of drug-likeness (QED) is 0.302. The van der Waals surface area contributed by atoms with Crippen molar-refractivity contribution >= 4 is 35.2 Å². The molecule has 0 fully saturated rings. The van der Waals surface area contributed by atoms with Gasteiger partial charge >= 0.3 is 0 Å². The highest BCUT2D eigenvalue weighted by atomic mass is 35.5. The SMILES string of the molecule is COc1cccc(CN(C(=O)CSCc2c(F)cccc2Cl)C(Cc2ccccc2)C(=O)NC(C)(C)C)c1. The number of halogens is 2. The summed E-state index contributed by atoms with van der Waals surface area (Å²) in [6, 6.07) is 20.8. The molecule has 0 aliphatic carbocycles. The summed E-state index contributed by atoms with van der Waals surface area (Å²) in [4.78, 5) is 28.9. The van der Waals surface area contributed by atoms with E-state index in [9.17, 15) is 14.0 Å². The number of benzene rings is 3. The first-order chi connectivity index (χ1) is 18.1. The van der Waals surface area contributed by atoms with Gasteiger partial charge in [0.25, 0.3) is 0 Å². The molecule has 1 N–H and O–H groups in total. The fourth-order valence-corrected chi connectivity index (χ4v) is 5.22. The number of hydrogen-bond donors (Lipinski definition) is 1. The molecule has 3 aromatic rings. The van der Waals surface area contributed by atoms with E-state index in [0.29, 0.717) is 22.8 Å². The number of nitrogens with one attached hydrogen (secondary N) is 1. The Morgan fingerprint density at radius 3 is 2.37 bits per heavy atom. The van der Waals surface area contributed by atoms with Gasteiger partial charge in [-0.05, 0) is 56.2 Å². The lowest BCUT2D eigenvalue weighted by Gasteiger charge is -2.34. The molecule has 0 aromatic heterocycles. The number of carbonyl (C=O) groups is 2. The highest BCUT2D eigenvalue weighted by molar-refractivity contribution is 7.99. The number of carbonyl (C=O) groups excluding carboxylic acids is 2. The lowest BCUT2D eigenvalue weighted by molar-refractivity contribution is -0.140. The standard InChI is InChI=1S/C30H34ClFN2O3S/c1-30(2,3)33-29(36)27(17-21-10-6-5-7-11-21)34(18-22-12-8-13-23(16-22)37-4)28(35)20-38-19-24-25(31)14-9-15-26(24)32/h5-16,27H,17-20H2,1-4H3,(H,33,36). The maximum atomic E-state index is 14.3. The van der Waals surface area contributed by atoms with Crippen molar-refractivity contribution in [3.8, 4) is 5.75 Å². The van der Waals surface area contributed by atoms with E-state index in [2.05, 4.69) is 5.32 Å². The predicted molar refractivity (Wildman–Crippen MR) is 153 cm³/mol. The summed E-state index contributed by atoms with van der Waals surface area (Å²) < 4.78 is 19.6. The minimum absolute atomic E-state index is 0.0583. The summed E-state index contributed by atoms with van der Waals surface area (Å²) in [5, 5.41) is 3.37. The van der Waals surface area contributed by atoms with Crippen LogP contribution in [-0.4, -0.2) is 41.2 Å². The fourth-order valence-electron chi connectivity index (χ4n) is 3.97. The van der Waals surface area contributed by atoms with Crippen molar-refractivity contribution in [1.82, 2.24) is 10.2 Å². The average Bonchev–Trinajstić information content (AvgIpc) is 2.87. The maximum absolute atomic E-state index is 14.3. The van der Waals surface area contributed by atoms with Gasteiger partial charge in [-0.1, -0.05) is 60.1 Å². The summed E-state index contributed by atoms with van der Waals surface area (Å²) in [6.07, 6.45) is 0.349. The molecule has 0 saturated carbocycles. The zero-order chi connectivity index (χ0) is 27.7. The Morgan fingerprint density at radius 2 is 1.71 bits per heavy atom. The van der Waals surface area contributed by atoms with Gasteiger partial charge in [-0.2, -0.15) is 0 Å². The van der Waals surface area contributed by atoms with Crippen LogP contribution in [0.4, 0.5) is 4.39 Å². The van der Waals surface area contributed by atoms with Gasteiger partial charge in [-0.3, -0.25) is 9.59 Å². The van der Waals surface area contributed by atoms with Crippen LogP contribution in [0.15, 0.2) is 72.8 Å². The molecule has 202 valence electrons. The van der Waals surface area contributed by atoms with Crippen LogP contribution in [0, 0.1) is 5.82 Å². The molecule has 38 heavy (non-hydrogen) atoms. The third-order valence-corrected chi connectivity index (χ3v) is 7.09. The molecule has 0 bridgehead atoms. The topological polar surface area (TPSA) is 58.6 Å². The third-order valence-electron chi connectivity index (χ3n) is 5.79. The van der Waals surface area contributed by atoms with Gasteiger partial charge in [-0.15, -0.1) is 11.8 Å². The van der Waals surface area contributed by atoms with E-state index in [1.807, 2.05) is 75.4 Å². The molecule has 0 heterocycles. The Balaban J connectivity index is 1.91. The highest BCUT2D eigenvalue weighted by Crippen LogP contribution is 2.25. The lowest BCUT2D eigenvalue weighted by Crippen LogP contribution is -2.54.